The molecule has 0 saturated heterocycles. The number of rotatable bonds is 6. The summed E-state index contributed by atoms with van der Waals surface area (Å²) in [6, 6.07) is 19.8. The predicted molar refractivity (Wildman–Crippen MR) is 109 cm³/mol. The maximum Gasteiger partial charge on any atom is 0.261 e. The number of anilines is 2. The number of sulfonamides is 1. The van der Waals surface area contributed by atoms with E-state index in [1.165, 1.54) is 19.2 Å². The molecule has 0 bridgehead atoms. The minimum atomic E-state index is -3.73. The van der Waals surface area contributed by atoms with Gasteiger partial charge in [-0.3, -0.25) is 9.52 Å². The molecule has 1 amide bonds. The summed E-state index contributed by atoms with van der Waals surface area (Å²) in [5.74, 6) is 0.307. The van der Waals surface area contributed by atoms with Crippen LogP contribution in [0.4, 0.5) is 11.4 Å². The number of hydrogen-bond acceptors (Lipinski definition) is 4. The van der Waals surface area contributed by atoms with Crippen molar-refractivity contribution in [3.63, 3.8) is 0 Å². The van der Waals surface area contributed by atoms with Gasteiger partial charge in [0.05, 0.1) is 12.0 Å². The second-order valence-electron chi connectivity index (χ2n) is 6.13. The fourth-order valence-electron chi connectivity index (χ4n) is 2.57. The van der Waals surface area contributed by atoms with Gasteiger partial charge in [-0.25, -0.2) is 8.42 Å². The van der Waals surface area contributed by atoms with Crippen molar-refractivity contribution in [2.45, 2.75) is 11.8 Å². The highest BCUT2D eigenvalue weighted by Crippen LogP contribution is 2.20. The van der Waals surface area contributed by atoms with Gasteiger partial charge in [0.15, 0.2) is 0 Å². The molecular weight excluding hydrogens is 376 g/mol. The first kappa shape index (κ1) is 19.4. The third-order valence-electron chi connectivity index (χ3n) is 4.16. The van der Waals surface area contributed by atoms with Gasteiger partial charge in [0.1, 0.15) is 5.75 Å². The van der Waals surface area contributed by atoms with Crippen molar-refractivity contribution < 1.29 is 17.9 Å². The first-order chi connectivity index (χ1) is 13.4. The Kier molecular flexibility index (Phi) is 5.65. The number of amides is 1. The van der Waals surface area contributed by atoms with E-state index in [1.807, 2.05) is 31.2 Å². The van der Waals surface area contributed by atoms with Crippen LogP contribution in [0.3, 0.4) is 0 Å². The molecule has 0 fully saturated rings. The van der Waals surface area contributed by atoms with E-state index in [-0.39, 0.29) is 10.8 Å². The van der Waals surface area contributed by atoms with E-state index in [4.69, 9.17) is 4.74 Å². The van der Waals surface area contributed by atoms with Gasteiger partial charge in [0, 0.05) is 16.9 Å². The Balaban J connectivity index is 1.71. The average molecular weight is 396 g/mol. The van der Waals surface area contributed by atoms with Crippen LogP contribution in [0.2, 0.25) is 0 Å². The van der Waals surface area contributed by atoms with E-state index in [2.05, 4.69) is 10.0 Å². The van der Waals surface area contributed by atoms with Crippen LogP contribution in [0, 0.1) is 6.92 Å². The molecule has 6 nitrogen and oxygen atoms in total. The molecule has 0 heterocycles. The molecule has 0 saturated carbocycles. The van der Waals surface area contributed by atoms with E-state index in [9.17, 15) is 13.2 Å². The molecule has 0 unspecified atom stereocenters. The van der Waals surface area contributed by atoms with Crippen molar-refractivity contribution in [1.82, 2.24) is 0 Å². The van der Waals surface area contributed by atoms with Crippen LogP contribution < -0.4 is 14.8 Å². The third kappa shape index (κ3) is 4.50. The van der Waals surface area contributed by atoms with Crippen LogP contribution in [0.15, 0.2) is 77.7 Å². The summed E-state index contributed by atoms with van der Waals surface area (Å²) >= 11 is 0. The zero-order chi connectivity index (χ0) is 20.1. The molecule has 3 aromatic carbocycles. The van der Waals surface area contributed by atoms with E-state index in [0.29, 0.717) is 17.0 Å². The van der Waals surface area contributed by atoms with Crippen LogP contribution in [0.5, 0.6) is 5.75 Å². The van der Waals surface area contributed by atoms with Crippen molar-refractivity contribution in [2.24, 2.45) is 0 Å². The number of para-hydroxylation sites is 1. The maximum atomic E-state index is 12.5. The predicted octanol–water partition coefficient (Wildman–Crippen LogP) is 4.06. The second-order valence-corrected chi connectivity index (χ2v) is 7.81. The van der Waals surface area contributed by atoms with Gasteiger partial charge < -0.3 is 10.1 Å². The molecule has 0 spiro atoms. The number of aryl methyl sites for hydroxylation is 1. The maximum absolute atomic E-state index is 12.5. The smallest absolute Gasteiger partial charge is 0.261 e. The highest BCUT2D eigenvalue weighted by atomic mass is 32.2. The van der Waals surface area contributed by atoms with Gasteiger partial charge in [0.2, 0.25) is 0 Å². The molecular formula is C21H20N2O4S. The molecule has 0 aliphatic heterocycles. The Hall–Kier alpha value is -3.32. The topological polar surface area (TPSA) is 84.5 Å². The lowest BCUT2D eigenvalue weighted by Crippen LogP contribution is -2.14. The summed E-state index contributed by atoms with van der Waals surface area (Å²) in [4.78, 5) is 12.5. The summed E-state index contributed by atoms with van der Waals surface area (Å²) in [7, 11) is -2.22. The summed E-state index contributed by atoms with van der Waals surface area (Å²) < 4.78 is 32.5. The van der Waals surface area contributed by atoms with Crippen LogP contribution in [-0.2, 0) is 10.0 Å². The minimum absolute atomic E-state index is 0.120. The number of carbonyl (C=O) groups excluding carboxylic acids is 1. The second kappa shape index (κ2) is 8.14. The Morgan fingerprint density at radius 2 is 1.54 bits per heavy atom. The molecule has 7 heteroatoms. The zero-order valence-electron chi connectivity index (χ0n) is 15.5. The lowest BCUT2D eigenvalue weighted by atomic mass is 10.1. The summed E-state index contributed by atoms with van der Waals surface area (Å²) in [5.41, 5.74) is 2.48. The quantitative estimate of drug-likeness (QED) is 0.658. The number of hydrogen-bond donors (Lipinski definition) is 2. The molecule has 0 atom stereocenters. The summed E-state index contributed by atoms with van der Waals surface area (Å²) in [6.45, 7) is 1.91. The fourth-order valence-corrected chi connectivity index (χ4v) is 3.62. The van der Waals surface area contributed by atoms with E-state index in [1.54, 1.807) is 36.4 Å². The van der Waals surface area contributed by atoms with Gasteiger partial charge in [-0.15, -0.1) is 0 Å². The third-order valence-corrected chi connectivity index (χ3v) is 5.56. The monoisotopic (exact) mass is 396 g/mol. The standard InChI is InChI=1S/C21H20N2O4S/c1-15-5-3-4-6-20(15)22-21(24)16-7-9-17(10-8-16)23-28(25,26)19-13-11-18(27-2)12-14-19/h3-14,23H,1-2H3,(H,22,24). The summed E-state index contributed by atoms with van der Waals surface area (Å²) in [5, 5.41) is 2.84. The number of ether oxygens (including phenoxy) is 1. The van der Waals surface area contributed by atoms with Crippen molar-refractivity contribution >= 4 is 27.3 Å². The summed E-state index contributed by atoms with van der Waals surface area (Å²) in [6.07, 6.45) is 0. The normalized spacial score (nSPS) is 10.9. The molecule has 3 aromatic rings. The fraction of sp³-hybridized carbons (Fsp3) is 0.0952. The number of benzene rings is 3. The first-order valence-corrected chi connectivity index (χ1v) is 10.0. The minimum Gasteiger partial charge on any atom is -0.497 e. The Bertz CT molecular complexity index is 1080. The van der Waals surface area contributed by atoms with Crippen LogP contribution in [0.25, 0.3) is 0 Å². The van der Waals surface area contributed by atoms with Gasteiger partial charge >= 0.3 is 0 Å². The van der Waals surface area contributed by atoms with Gasteiger partial charge in [-0.2, -0.15) is 0 Å². The zero-order valence-corrected chi connectivity index (χ0v) is 16.3. The molecule has 3 rings (SSSR count). The molecule has 144 valence electrons. The van der Waals surface area contributed by atoms with Gasteiger partial charge in [0.25, 0.3) is 15.9 Å². The van der Waals surface area contributed by atoms with Gasteiger partial charge in [-0.05, 0) is 67.1 Å². The highest BCUT2D eigenvalue weighted by Gasteiger charge is 2.15. The van der Waals surface area contributed by atoms with Crippen molar-refractivity contribution in [3.05, 3.63) is 83.9 Å². The number of methoxy groups -OCH3 is 1. The van der Waals surface area contributed by atoms with E-state index >= 15 is 0 Å². The molecule has 0 aliphatic carbocycles. The SMILES string of the molecule is COc1ccc(S(=O)(=O)Nc2ccc(C(=O)Nc3ccccc3C)cc2)cc1. The van der Waals surface area contributed by atoms with Crippen molar-refractivity contribution in [1.29, 1.82) is 0 Å². The van der Waals surface area contributed by atoms with Crippen molar-refractivity contribution in [2.75, 3.05) is 17.1 Å². The molecule has 0 aromatic heterocycles. The van der Waals surface area contributed by atoms with Crippen LogP contribution in [-0.4, -0.2) is 21.4 Å². The number of carbonyl (C=O) groups is 1. The molecule has 0 radical (unpaired) electrons. The molecule has 2 N–H and O–H groups in total. The number of nitrogens with one attached hydrogen (secondary N) is 2. The van der Waals surface area contributed by atoms with Crippen LogP contribution in [0.1, 0.15) is 15.9 Å². The Morgan fingerprint density at radius 1 is 0.893 bits per heavy atom. The van der Waals surface area contributed by atoms with E-state index < -0.39 is 10.0 Å². The highest BCUT2D eigenvalue weighted by molar-refractivity contribution is 7.92. The molecule has 0 aliphatic rings. The lowest BCUT2D eigenvalue weighted by Gasteiger charge is -2.10. The Labute approximate surface area is 164 Å². The Morgan fingerprint density at radius 3 is 2.14 bits per heavy atom. The van der Waals surface area contributed by atoms with Gasteiger partial charge in [-0.1, -0.05) is 18.2 Å². The lowest BCUT2D eigenvalue weighted by molar-refractivity contribution is 0.102. The largest absolute Gasteiger partial charge is 0.497 e. The van der Waals surface area contributed by atoms with Crippen molar-refractivity contribution in [3.8, 4) is 5.75 Å². The van der Waals surface area contributed by atoms with Crippen LogP contribution >= 0.6 is 0 Å². The average Bonchev–Trinajstić information content (AvgIpc) is 2.70. The first-order valence-electron chi connectivity index (χ1n) is 8.53. The van der Waals surface area contributed by atoms with E-state index in [0.717, 1.165) is 11.3 Å². The molecule has 28 heavy (non-hydrogen) atoms.